The van der Waals surface area contributed by atoms with Crippen LogP contribution in [0.1, 0.15) is 33.8 Å². The van der Waals surface area contributed by atoms with Crippen LogP contribution >= 0.6 is 0 Å². The predicted octanol–water partition coefficient (Wildman–Crippen LogP) is 5.76. The molecule has 0 N–H and O–H groups in total. The molecule has 118 valence electrons. The molecule has 0 fully saturated rings. The van der Waals surface area contributed by atoms with Gasteiger partial charge >= 0.3 is 0 Å². The van der Waals surface area contributed by atoms with Gasteiger partial charge in [0.1, 0.15) is 0 Å². The van der Waals surface area contributed by atoms with Crippen molar-refractivity contribution in [2.75, 3.05) is 0 Å². The van der Waals surface area contributed by atoms with Gasteiger partial charge in [-0.25, -0.2) is 0 Å². The first-order valence-corrected chi connectivity index (χ1v) is 8.19. The Hall–Kier alpha value is -2.93. The molecular weight excluding hydrogens is 292 g/mol. The molecule has 1 nitrogen and oxygen atoms in total. The zero-order chi connectivity index (χ0) is 16.6. The Kier molecular flexibility index (Phi) is 5.36. The molecule has 0 bridgehead atoms. The minimum absolute atomic E-state index is 0.0686. The van der Waals surface area contributed by atoms with Gasteiger partial charge in [0.05, 0.1) is 0 Å². The molecule has 0 spiro atoms. The summed E-state index contributed by atoms with van der Waals surface area (Å²) in [5, 5.41) is 0. The molecule has 0 saturated carbocycles. The van der Waals surface area contributed by atoms with E-state index in [-0.39, 0.29) is 11.7 Å². The van der Waals surface area contributed by atoms with Gasteiger partial charge in [0.15, 0.2) is 5.78 Å². The summed E-state index contributed by atoms with van der Waals surface area (Å²) < 4.78 is 0. The van der Waals surface area contributed by atoms with Gasteiger partial charge in [0.25, 0.3) is 0 Å². The molecule has 0 unspecified atom stereocenters. The van der Waals surface area contributed by atoms with E-state index >= 15 is 0 Å². The first kappa shape index (κ1) is 15.9. The Morgan fingerprint density at radius 1 is 0.750 bits per heavy atom. The molecule has 0 heterocycles. The van der Waals surface area contributed by atoms with Gasteiger partial charge in [-0.15, -0.1) is 0 Å². The SMILES string of the molecule is O=C(C[C@@H](/C=C/c1ccccc1)c1ccccc1)c1ccccc1. The summed E-state index contributed by atoms with van der Waals surface area (Å²) in [5.41, 5.74) is 3.08. The van der Waals surface area contributed by atoms with Crippen LogP contribution in [0.25, 0.3) is 6.08 Å². The average molecular weight is 312 g/mol. The summed E-state index contributed by atoms with van der Waals surface area (Å²) in [5.74, 6) is 0.237. The van der Waals surface area contributed by atoms with E-state index in [9.17, 15) is 4.79 Å². The van der Waals surface area contributed by atoms with Gasteiger partial charge in [0, 0.05) is 17.9 Å². The highest BCUT2D eigenvalue weighted by Gasteiger charge is 2.14. The molecule has 0 aliphatic carbocycles. The number of ketones is 1. The monoisotopic (exact) mass is 312 g/mol. The highest BCUT2D eigenvalue weighted by atomic mass is 16.1. The third kappa shape index (κ3) is 4.30. The van der Waals surface area contributed by atoms with Crippen LogP contribution in [0.3, 0.4) is 0 Å². The van der Waals surface area contributed by atoms with Gasteiger partial charge in [-0.2, -0.15) is 0 Å². The summed E-state index contributed by atoms with van der Waals surface area (Å²) in [6.07, 6.45) is 4.69. The fourth-order valence-electron chi connectivity index (χ4n) is 2.73. The van der Waals surface area contributed by atoms with E-state index in [4.69, 9.17) is 0 Å². The second-order valence-corrected chi connectivity index (χ2v) is 5.78. The van der Waals surface area contributed by atoms with E-state index in [1.807, 2.05) is 66.7 Å². The molecule has 3 aromatic rings. The number of benzene rings is 3. The standard InChI is InChI=1S/C23H20O/c24-23(21-14-8-3-9-15-21)18-22(20-12-6-2-7-13-20)17-16-19-10-4-1-5-11-19/h1-17,22H,18H2/b17-16+/t22-/m1/s1. The van der Waals surface area contributed by atoms with Gasteiger partial charge < -0.3 is 0 Å². The summed E-state index contributed by atoms with van der Waals surface area (Å²) >= 11 is 0. The van der Waals surface area contributed by atoms with Crippen LogP contribution in [-0.2, 0) is 0 Å². The quantitative estimate of drug-likeness (QED) is 0.529. The first-order chi connectivity index (χ1) is 11.8. The van der Waals surface area contributed by atoms with Crippen molar-refractivity contribution in [3.05, 3.63) is 114 Å². The van der Waals surface area contributed by atoms with Crippen molar-refractivity contribution in [3.8, 4) is 0 Å². The predicted molar refractivity (Wildman–Crippen MR) is 100 cm³/mol. The van der Waals surface area contributed by atoms with Crippen LogP contribution in [0.2, 0.25) is 0 Å². The Morgan fingerprint density at radius 2 is 1.29 bits per heavy atom. The summed E-state index contributed by atoms with van der Waals surface area (Å²) in [6.45, 7) is 0. The minimum atomic E-state index is 0.0686. The van der Waals surface area contributed by atoms with Gasteiger partial charge in [-0.1, -0.05) is 103 Å². The number of allylic oxidation sites excluding steroid dienone is 1. The Bertz CT molecular complexity index is 789. The number of carbonyl (C=O) groups is 1. The summed E-state index contributed by atoms with van der Waals surface area (Å²) in [6, 6.07) is 29.9. The van der Waals surface area contributed by atoms with Gasteiger partial charge in [-0.3, -0.25) is 4.79 Å². The maximum atomic E-state index is 12.6. The van der Waals surface area contributed by atoms with Crippen molar-refractivity contribution in [1.82, 2.24) is 0 Å². The Balaban J connectivity index is 1.83. The lowest BCUT2D eigenvalue weighted by Gasteiger charge is -2.13. The highest BCUT2D eigenvalue weighted by molar-refractivity contribution is 5.96. The fraction of sp³-hybridized carbons (Fsp3) is 0.0870. The number of hydrogen-bond acceptors (Lipinski definition) is 1. The van der Waals surface area contributed by atoms with Gasteiger partial charge in [-0.05, 0) is 11.1 Å². The normalized spacial score (nSPS) is 12.2. The second kappa shape index (κ2) is 8.07. The topological polar surface area (TPSA) is 17.1 Å². The molecule has 24 heavy (non-hydrogen) atoms. The molecule has 1 atom stereocenters. The highest BCUT2D eigenvalue weighted by Crippen LogP contribution is 2.24. The molecular formula is C23H20O. The van der Waals surface area contributed by atoms with Crippen LogP contribution in [-0.4, -0.2) is 5.78 Å². The van der Waals surface area contributed by atoms with Crippen LogP contribution in [0.15, 0.2) is 97.1 Å². The molecule has 0 saturated heterocycles. The van der Waals surface area contributed by atoms with Crippen LogP contribution in [0, 0.1) is 0 Å². The number of hydrogen-bond donors (Lipinski definition) is 0. The maximum Gasteiger partial charge on any atom is 0.163 e. The lowest BCUT2D eigenvalue weighted by molar-refractivity contribution is 0.0978. The fourth-order valence-corrected chi connectivity index (χ4v) is 2.73. The Morgan fingerprint density at radius 3 is 1.92 bits per heavy atom. The average Bonchev–Trinajstić information content (AvgIpc) is 2.67. The van der Waals surface area contributed by atoms with E-state index in [2.05, 4.69) is 36.4 Å². The molecule has 1 heteroatoms. The van der Waals surface area contributed by atoms with Crippen molar-refractivity contribution in [1.29, 1.82) is 0 Å². The van der Waals surface area contributed by atoms with E-state index < -0.39 is 0 Å². The molecule has 0 radical (unpaired) electrons. The maximum absolute atomic E-state index is 12.6. The van der Waals surface area contributed by atoms with Crippen molar-refractivity contribution in [3.63, 3.8) is 0 Å². The Labute approximate surface area is 143 Å². The minimum Gasteiger partial charge on any atom is -0.294 e. The summed E-state index contributed by atoms with van der Waals surface area (Å²) in [7, 11) is 0. The first-order valence-electron chi connectivity index (χ1n) is 8.19. The number of rotatable bonds is 6. The number of carbonyl (C=O) groups excluding carboxylic acids is 1. The molecule has 0 aliphatic heterocycles. The number of Topliss-reactive ketones (excluding diaryl/α,β-unsaturated/α-hetero) is 1. The third-order valence-corrected chi connectivity index (χ3v) is 4.05. The molecule has 3 aromatic carbocycles. The van der Waals surface area contributed by atoms with Gasteiger partial charge in [0.2, 0.25) is 0 Å². The van der Waals surface area contributed by atoms with Crippen molar-refractivity contribution < 1.29 is 4.79 Å². The van der Waals surface area contributed by atoms with Crippen LogP contribution in [0.5, 0.6) is 0 Å². The molecule has 0 aromatic heterocycles. The summed E-state index contributed by atoms with van der Waals surface area (Å²) in [4.78, 5) is 12.6. The van der Waals surface area contributed by atoms with Crippen molar-refractivity contribution in [2.45, 2.75) is 12.3 Å². The second-order valence-electron chi connectivity index (χ2n) is 5.78. The van der Waals surface area contributed by atoms with Crippen LogP contribution < -0.4 is 0 Å². The molecule has 0 amide bonds. The zero-order valence-electron chi connectivity index (χ0n) is 13.5. The van der Waals surface area contributed by atoms with Crippen LogP contribution in [0.4, 0.5) is 0 Å². The van der Waals surface area contributed by atoms with Crippen molar-refractivity contribution >= 4 is 11.9 Å². The van der Waals surface area contributed by atoms with E-state index in [0.29, 0.717) is 6.42 Å². The zero-order valence-corrected chi connectivity index (χ0v) is 13.5. The lowest BCUT2D eigenvalue weighted by Crippen LogP contribution is -2.06. The molecule has 0 aliphatic rings. The van der Waals surface area contributed by atoms with E-state index in [0.717, 1.165) is 16.7 Å². The van der Waals surface area contributed by atoms with Crippen molar-refractivity contribution in [2.24, 2.45) is 0 Å². The largest absolute Gasteiger partial charge is 0.294 e. The third-order valence-electron chi connectivity index (χ3n) is 4.05. The van der Waals surface area contributed by atoms with E-state index in [1.165, 1.54) is 0 Å². The lowest BCUT2D eigenvalue weighted by atomic mass is 9.90. The molecule has 3 rings (SSSR count). The smallest absolute Gasteiger partial charge is 0.163 e. The van der Waals surface area contributed by atoms with E-state index in [1.54, 1.807) is 0 Å².